The van der Waals surface area contributed by atoms with E-state index in [0.717, 1.165) is 19.3 Å². The third-order valence-corrected chi connectivity index (χ3v) is 9.07. The highest BCUT2D eigenvalue weighted by atomic mass is 14.4. The lowest BCUT2D eigenvalue weighted by atomic mass is 9.76. The van der Waals surface area contributed by atoms with Crippen molar-refractivity contribution < 1.29 is 0 Å². The number of fused-ring (bicyclic) bond motifs is 8. The average Bonchev–Trinajstić information content (AvgIpc) is 3.44. The molecule has 0 heteroatoms. The van der Waals surface area contributed by atoms with Gasteiger partial charge in [-0.1, -0.05) is 91.0 Å². The molecule has 4 aliphatic carbocycles. The number of allylic oxidation sites excluding steroid dienone is 1. The Kier molecular flexibility index (Phi) is 3.57. The molecule has 0 amide bonds. The third-order valence-electron chi connectivity index (χ3n) is 9.07. The van der Waals surface area contributed by atoms with Crippen LogP contribution < -0.4 is 0 Å². The minimum atomic E-state index is 0.468. The second-order valence-corrected chi connectivity index (χ2v) is 10.7. The molecule has 0 heterocycles. The van der Waals surface area contributed by atoms with Crippen molar-refractivity contribution in [3.63, 3.8) is 0 Å². The zero-order valence-electron chi connectivity index (χ0n) is 20.0. The second-order valence-electron chi connectivity index (χ2n) is 10.7. The molecule has 9 rings (SSSR count). The molecule has 0 N–H and O–H groups in total. The van der Waals surface area contributed by atoms with E-state index in [0.29, 0.717) is 5.92 Å². The van der Waals surface area contributed by atoms with Crippen LogP contribution in [0.1, 0.15) is 51.3 Å². The van der Waals surface area contributed by atoms with Crippen LogP contribution in [0.15, 0.2) is 103 Å². The van der Waals surface area contributed by atoms with Crippen molar-refractivity contribution in [3.8, 4) is 33.4 Å². The zero-order valence-corrected chi connectivity index (χ0v) is 20.0. The molecule has 5 aromatic carbocycles. The molecule has 4 aliphatic rings. The van der Waals surface area contributed by atoms with E-state index < -0.39 is 0 Å². The van der Waals surface area contributed by atoms with Gasteiger partial charge in [0.2, 0.25) is 0 Å². The van der Waals surface area contributed by atoms with Crippen LogP contribution in [-0.2, 0) is 12.8 Å². The molecule has 5 aromatic rings. The number of benzene rings is 5. The molecule has 0 saturated carbocycles. The molecule has 0 fully saturated rings. The Morgan fingerprint density at radius 1 is 0.500 bits per heavy atom. The van der Waals surface area contributed by atoms with Crippen molar-refractivity contribution in [2.45, 2.75) is 25.2 Å². The molecule has 1 unspecified atom stereocenters. The van der Waals surface area contributed by atoms with E-state index in [-0.39, 0.29) is 0 Å². The molecule has 0 aromatic heterocycles. The van der Waals surface area contributed by atoms with Gasteiger partial charge in [0.1, 0.15) is 0 Å². The van der Waals surface area contributed by atoms with Crippen LogP contribution in [-0.4, -0.2) is 0 Å². The van der Waals surface area contributed by atoms with Crippen LogP contribution in [0, 0.1) is 0 Å². The van der Waals surface area contributed by atoms with Crippen LogP contribution >= 0.6 is 0 Å². The summed E-state index contributed by atoms with van der Waals surface area (Å²) in [5, 5.41) is 0. The van der Waals surface area contributed by atoms with Gasteiger partial charge in [0, 0.05) is 5.92 Å². The second kappa shape index (κ2) is 6.74. The Hall–Kier alpha value is -4.16. The molecule has 0 nitrogen and oxygen atoms in total. The van der Waals surface area contributed by atoms with Crippen molar-refractivity contribution in [1.29, 1.82) is 0 Å². The fourth-order valence-electron chi connectivity index (χ4n) is 7.63. The molecule has 0 radical (unpaired) electrons. The maximum absolute atomic E-state index is 2.55. The highest BCUT2D eigenvalue weighted by Crippen LogP contribution is 2.57. The van der Waals surface area contributed by atoms with Gasteiger partial charge in [-0.2, -0.15) is 0 Å². The SMILES string of the molecule is c1ccc(C2=C3c4cc5c(cc4-c4cccc(c43)CC2)CC2c3ccccc3-c3cccc-5c32)cc1. The summed E-state index contributed by atoms with van der Waals surface area (Å²) in [5.41, 5.74) is 21.9. The van der Waals surface area contributed by atoms with E-state index in [1.807, 2.05) is 0 Å². The fraction of sp³-hybridized carbons (Fsp3) is 0.111. The summed E-state index contributed by atoms with van der Waals surface area (Å²) < 4.78 is 0. The van der Waals surface area contributed by atoms with Gasteiger partial charge in [-0.15, -0.1) is 0 Å². The summed E-state index contributed by atoms with van der Waals surface area (Å²) in [4.78, 5) is 0. The van der Waals surface area contributed by atoms with Gasteiger partial charge in [0.15, 0.2) is 0 Å². The molecule has 1 atom stereocenters. The summed E-state index contributed by atoms with van der Waals surface area (Å²) >= 11 is 0. The fourth-order valence-corrected chi connectivity index (χ4v) is 7.63. The van der Waals surface area contributed by atoms with Gasteiger partial charge in [-0.3, -0.25) is 0 Å². The first-order valence-electron chi connectivity index (χ1n) is 13.2. The molecule has 36 heavy (non-hydrogen) atoms. The number of aryl methyl sites for hydroxylation is 1. The lowest BCUT2D eigenvalue weighted by Gasteiger charge is -2.27. The Balaban J connectivity index is 1.34. The quantitative estimate of drug-likeness (QED) is 0.232. The standard InChI is InChI=1S/C36H24/c1-2-8-21(9-3-1)24-17-16-22-10-6-13-29-31-18-23-19-32-26-12-5-4-11-25(26)27-14-7-15-28(35(27)32)30(23)20-33(31)36(24)34(22)29/h1-15,18,20,32H,16-17,19H2. The molecular formula is C36H24. The molecule has 0 saturated heterocycles. The lowest BCUT2D eigenvalue weighted by molar-refractivity contribution is 0.815. The van der Waals surface area contributed by atoms with Crippen molar-refractivity contribution >= 4 is 11.1 Å². The molecular weight excluding hydrogens is 432 g/mol. The topological polar surface area (TPSA) is 0 Å². The highest BCUT2D eigenvalue weighted by Gasteiger charge is 2.38. The van der Waals surface area contributed by atoms with Gasteiger partial charge >= 0.3 is 0 Å². The van der Waals surface area contributed by atoms with E-state index in [4.69, 9.17) is 0 Å². The zero-order chi connectivity index (χ0) is 23.4. The Morgan fingerprint density at radius 3 is 2.17 bits per heavy atom. The van der Waals surface area contributed by atoms with Gasteiger partial charge in [0.25, 0.3) is 0 Å². The Morgan fingerprint density at radius 2 is 1.25 bits per heavy atom. The molecule has 0 bridgehead atoms. The largest absolute Gasteiger partial charge is 0.0622 e. The first-order valence-corrected chi connectivity index (χ1v) is 13.2. The number of rotatable bonds is 1. The average molecular weight is 457 g/mol. The molecule has 168 valence electrons. The Labute approximate surface area is 211 Å². The van der Waals surface area contributed by atoms with Gasteiger partial charge in [0.05, 0.1) is 0 Å². The normalized spacial score (nSPS) is 17.3. The van der Waals surface area contributed by atoms with E-state index in [1.165, 1.54) is 77.9 Å². The minimum absolute atomic E-state index is 0.468. The summed E-state index contributed by atoms with van der Waals surface area (Å²) in [6.45, 7) is 0. The van der Waals surface area contributed by atoms with E-state index in [2.05, 4.69) is 103 Å². The monoisotopic (exact) mass is 456 g/mol. The first kappa shape index (κ1) is 19.1. The van der Waals surface area contributed by atoms with Crippen LogP contribution in [0.2, 0.25) is 0 Å². The summed E-state index contributed by atoms with van der Waals surface area (Å²) in [6, 6.07) is 39.1. The molecule has 0 spiro atoms. The number of hydrogen-bond donors (Lipinski definition) is 0. The van der Waals surface area contributed by atoms with E-state index >= 15 is 0 Å². The highest BCUT2D eigenvalue weighted by molar-refractivity contribution is 6.13. The van der Waals surface area contributed by atoms with Crippen LogP contribution in [0.5, 0.6) is 0 Å². The Bertz CT molecular complexity index is 1800. The third kappa shape index (κ3) is 2.30. The summed E-state index contributed by atoms with van der Waals surface area (Å²) in [5.74, 6) is 0.468. The van der Waals surface area contributed by atoms with E-state index in [1.54, 1.807) is 5.56 Å². The smallest absolute Gasteiger partial charge is 0.0148 e. The molecule has 0 aliphatic heterocycles. The van der Waals surface area contributed by atoms with Gasteiger partial charge in [-0.25, -0.2) is 0 Å². The van der Waals surface area contributed by atoms with Gasteiger partial charge < -0.3 is 0 Å². The van der Waals surface area contributed by atoms with Crippen molar-refractivity contribution in [1.82, 2.24) is 0 Å². The van der Waals surface area contributed by atoms with Crippen LogP contribution in [0.4, 0.5) is 0 Å². The predicted molar refractivity (Wildman–Crippen MR) is 149 cm³/mol. The maximum Gasteiger partial charge on any atom is 0.0148 e. The van der Waals surface area contributed by atoms with Crippen molar-refractivity contribution in [3.05, 3.63) is 142 Å². The van der Waals surface area contributed by atoms with Crippen molar-refractivity contribution in [2.75, 3.05) is 0 Å². The van der Waals surface area contributed by atoms with Crippen molar-refractivity contribution in [2.24, 2.45) is 0 Å². The lowest BCUT2D eigenvalue weighted by Crippen LogP contribution is -2.10. The summed E-state index contributed by atoms with van der Waals surface area (Å²) in [6.07, 6.45) is 3.31. The number of hydrogen-bond acceptors (Lipinski definition) is 0. The predicted octanol–water partition coefficient (Wildman–Crippen LogP) is 8.91. The van der Waals surface area contributed by atoms with Crippen LogP contribution in [0.25, 0.3) is 44.5 Å². The van der Waals surface area contributed by atoms with Crippen LogP contribution in [0.3, 0.4) is 0 Å². The first-order chi connectivity index (χ1) is 17.9. The van der Waals surface area contributed by atoms with E-state index in [9.17, 15) is 0 Å². The maximum atomic E-state index is 2.55. The minimum Gasteiger partial charge on any atom is -0.0622 e. The van der Waals surface area contributed by atoms with Gasteiger partial charge in [-0.05, 0) is 115 Å². The summed E-state index contributed by atoms with van der Waals surface area (Å²) in [7, 11) is 0.